The van der Waals surface area contributed by atoms with E-state index >= 15 is 0 Å². The Morgan fingerprint density at radius 2 is 1.70 bits per heavy atom. The first-order valence-corrected chi connectivity index (χ1v) is 9.49. The zero-order chi connectivity index (χ0) is 19.4. The summed E-state index contributed by atoms with van der Waals surface area (Å²) in [6.45, 7) is 3.41. The van der Waals surface area contributed by atoms with Gasteiger partial charge in [0.2, 0.25) is 0 Å². The van der Waals surface area contributed by atoms with Gasteiger partial charge in [-0.3, -0.25) is 10.1 Å². The van der Waals surface area contributed by atoms with E-state index in [4.69, 9.17) is 21.1 Å². The highest BCUT2D eigenvalue weighted by Crippen LogP contribution is 2.28. The molecule has 2 aromatic carbocycles. The van der Waals surface area contributed by atoms with E-state index in [0.29, 0.717) is 15.9 Å². The largest absolute Gasteiger partial charge is 0.497 e. The predicted molar refractivity (Wildman–Crippen MR) is 109 cm³/mol. The summed E-state index contributed by atoms with van der Waals surface area (Å²) in [5, 5.41) is 5.83. The predicted octanol–water partition coefficient (Wildman–Crippen LogP) is 5.27. The minimum absolute atomic E-state index is 0.284. The smallest absolute Gasteiger partial charge is 0.269 e. The first-order chi connectivity index (χ1) is 12.9. The van der Waals surface area contributed by atoms with E-state index in [1.807, 2.05) is 29.6 Å². The molecule has 3 rings (SSSR count). The summed E-state index contributed by atoms with van der Waals surface area (Å²) in [5.41, 5.74) is 0.665. The number of nitrogens with zero attached hydrogens (tertiary/aromatic N) is 1. The molecule has 0 fully saturated rings. The summed E-state index contributed by atoms with van der Waals surface area (Å²) in [6, 6.07) is 14.5. The van der Waals surface area contributed by atoms with E-state index in [2.05, 4.69) is 10.3 Å². The van der Waals surface area contributed by atoms with Crippen molar-refractivity contribution in [3.05, 3.63) is 58.9 Å². The van der Waals surface area contributed by atoms with Crippen molar-refractivity contribution in [3.8, 4) is 22.8 Å². The second-order valence-corrected chi connectivity index (χ2v) is 7.58. The van der Waals surface area contributed by atoms with Crippen LogP contribution in [0.2, 0.25) is 5.02 Å². The Morgan fingerprint density at radius 1 is 1.07 bits per heavy atom. The van der Waals surface area contributed by atoms with Gasteiger partial charge in [0.25, 0.3) is 5.91 Å². The maximum Gasteiger partial charge on any atom is 0.269 e. The van der Waals surface area contributed by atoms with Crippen LogP contribution in [0.3, 0.4) is 0 Å². The number of nitrogens with one attached hydrogen (secondary N) is 1. The topological polar surface area (TPSA) is 60.5 Å². The van der Waals surface area contributed by atoms with Crippen LogP contribution in [-0.4, -0.2) is 23.6 Å². The number of carbonyl (C=O) groups is 1. The van der Waals surface area contributed by atoms with E-state index in [1.54, 1.807) is 45.2 Å². The number of thiazole rings is 1. The fourth-order valence-electron chi connectivity index (χ4n) is 2.32. The average Bonchev–Trinajstić information content (AvgIpc) is 3.12. The molecular weight excluding hydrogens is 384 g/mol. The SMILES string of the molecule is COc1ccc(-c2csc(NC(=O)C(C)(C)Oc3ccc(Cl)cc3)n2)cc1. The number of carbonyl (C=O) groups excluding carboxylic acids is 1. The van der Waals surface area contributed by atoms with Crippen molar-refractivity contribution in [1.29, 1.82) is 0 Å². The van der Waals surface area contributed by atoms with E-state index in [-0.39, 0.29) is 5.91 Å². The molecule has 3 aromatic rings. The lowest BCUT2D eigenvalue weighted by molar-refractivity contribution is -0.128. The molecule has 140 valence electrons. The summed E-state index contributed by atoms with van der Waals surface area (Å²) in [7, 11) is 1.62. The minimum atomic E-state index is -1.07. The standard InChI is InChI=1S/C20H19ClN2O3S/c1-20(2,26-16-10-6-14(21)7-11-16)18(24)23-19-22-17(12-27-19)13-4-8-15(25-3)9-5-13/h4-12H,1-3H3,(H,22,23,24). The number of benzene rings is 2. The Morgan fingerprint density at radius 3 is 2.33 bits per heavy atom. The molecule has 7 heteroatoms. The first kappa shape index (κ1) is 19.2. The van der Waals surface area contributed by atoms with Gasteiger partial charge in [0.15, 0.2) is 10.7 Å². The maximum absolute atomic E-state index is 12.6. The third-order valence-corrected chi connectivity index (χ3v) is 4.85. The molecule has 0 bridgehead atoms. The third-order valence-electron chi connectivity index (χ3n) is 3.84. The minimum Gasteiger partial charge on any atom is -0.497 e. The maximum atomic E-state index is 12.6. The lowest BCUT2D eigenvalue weighted by Crippen LogP contribution is -2.42. The number of methoxy groups -OCH3 is 1. The van der Waals surface area contributed by atoms with Gasteiger partial charge < -0.3 is 9.47 Å². The Labute approximate surface area is 166 Å². The van der Waals surface area contributed by atoms with Gasteiger partial charge in [-0.05, 0) is 62.4 Å². The molecule has 1 amide bonds. The number of hydrogen-bond donors (Lipinski definition) is 1. The highest BCUT2D eigenvalue weighted by atomic mass is 35.5. The summed E-state index contributed by atoms with van der Waals surface area (Å²) < 4.78 is 11.0. The molecule has 0 radical (unpaired) electrons. The van der Waals surface area contributed by atoms with Crippen LogP contribution in [-0.2, 0) is 4.79 Å². The van der Waals surface area contributed by atoms with Crippen LogP contribution in [0.25, 0.3) is 11.3 Å². The lowest BCUT2D eigenvalue weighted by atomic mass is 10.1. The fraction of sp³-hybridized carbons (Fsp3) is 0.200. The Balaban J connectivity index is 1.68. The average molecular weight is 403 g/mol. The van der Waals surface area contributed by atoms with Gasteiger partial charge >= 0.3 is 0 Å². The third kappa shape index (κ3) is 4.78. The summed E-state index contributed by atoms with van der Waals surface area (Å²) in [6.07, 6.45) is 0. The molecule has 27 heavy (non-hydrogen) atoms. The normalized spacial score (nSPS) is 11.1. The van der Waals surface area contributed by atoms with Gasteiger partial charge in [0, 0.05) is 16.0 Å². The fourth-order valence-corrected chi connectivity index (χ4v) is 3.16. The Hall–Kier alpha value is -2.57. The monoisotopic (exact) mass is 402 g/mol. The summed E-state index contributed by atoms with van der Waals surface area (Å²) in [4.78, 5) is 17.1. The highest BCUT2D eigenvalue weighted by Gasteiger charge is 2.30. The van der Waals surface area contributed by atoms with Crippen molar-refractivity contribution in [2.75, 3.05) is 12.4 Å². The molecule has 1 heterocycles. The zero-order valence-corrected chi connectivity index (χ0v) is 16.7. The van der Waals surface area contributed by atoms with Gasteiger partial charge in [0.05, 0.1) is 12.8 Å². The van der Waals surface area contributed by atoms with Crippen LogP contribution in [0.15, 0.2) is 53.9 Å². The van der Waals surface area contributed by atoms with Gasteiger partial charge in [-0.1, -0.05) is 11.6 Å². The molecule has 1 aromatic heterocycles. The van der Waals surface area contributed by atoms with Crippen LogP contribution < -0.4 is 14.8 Å². The van der Waals surface area contributed by atoms with E-state index in [0.717, 1.165) is 17.0 Å². The molecule has 0 unspecified atom stereocenters. The number of ether oxygens (including phenoxy) is 2. The Bertz CT molecular complexity index is 921. The second-order valence-electron chi connectivity index (χ2n) is 6.29. The van der Waals surface area contributed by atoms with Crippen LogP contribution in [0.4, 0.5) is 5.13 Å². The number of aromatic nitrogens is 1. The summed E-state index contributed by atoms with van der Waals surface area (Å²) >= 11 is 7.23. The molecule has 0 aliphatic carbocycles. The highest BCUT2D eigenvalue weighted by molar-refractivity contribution is 7.14. The van der Waals surface area contributed by atoms with E-state index in [1.165, 1.54) is 11.3 Å². The number of hydrogen-bond acceptors (Lipinski definition) is 5. The van der Waals surface area contributed by atoms with Crippen LogP contribution in [0.1, 0.15) is 13.8 Å². The molecule has 1 N–H and O–H groups in total. The molecular formula is C20H19ClN2O3S. The number of halogens is 1. The van der Waals surface area contributed by atoms with Crippen molar-refractivity contribution < 1.29 is 14.3 Å². The Kier molecular flexibility index (Phi) is 5.68. The van der Waals surface area contributed by atoms with Gasteiger partial charge in [-0.2, -0.15) is 0 Å². The molecule has 0 spiro atoms. The van der Waals surface area contributed by atoms with E-state index < -0.39 is 5.60 Å². The lowest BCUT2D eigenvalue weighted by Gasteiger charge is -2.24. The van der Waals surface area contributed by atoms with Gasteiger partial charge in [-0.15, -0.1) is 11.3 Å². The number of anilines is 1. The molecule has 0 aliphatic rings. The van der Waals surface area contributed by atoms with Crippen molar-refractivity contribution in [2.24, 2.45) is 0 Å². The van der Waals surface area contributed by atoms with Gasteiger partial charge in [0.1, 0.15) is 11.5 Å². The molecule has 0 atom stereocenters. The summed E-state index contributed by atoms with van der Waals surface area (Å²) in [5.74, 6) is 1.06. The number of amides is 1. The van der Waals surface area contributed by atoms with E-state index in [9.17, 15) is 4.79 Å². The van der Waals surface area contributed by atoms with Crippen LogP contribution in [0, 0.1) is 0 Å². The quantitative estimate of drug-likeness (QED) is 0.610. The molecule has 0 saturated heterocycles. The number of rotatable bonds is 6. The van der Waals surface area contributed by atoms with Crippen molar-refractivity contribution in [2.45, 2.75) is 19.4 Å². The second kappa shape index (κ2) is 7.98. The first-order valence-electron chi connectivity index (χ1n) is 8.23. The molecule has 5 nitrogen and oxygen atoms in total. The molecule has 0 aliphatic heterocycles. The molecule has 0 saturated carbocycles. The zero-order valence-electron chi connectivity index (χ0n) is 15.2. The van der Waals surface area contributed by atoms with Crippen molar-refractivity contribution in [3.63, 3.8) is 0 Å². The van der Waals surface area contributed by atoms with Crippen molar-refractivity contribution >= 4 is 34.0 Å². The van der Waals surface area contributed by atoms with Crippen molar-refractivity contribution in [1.82, 2.24) is 4.98 Å². The van der Waals surface area contributed by atoms with Crippen LogP contribution >= 0.6 is 22.9 Å². The van der Waals surface area contributed by atoms with Crippen LogP contribution in [0.5, 0.6) is 11.5 Å². The van der Waals surface area contributed by atoms with Gasteiger partial charge in [-0.25, -0.2) is 4.98 Å².